The molecule has 0 aliphatic rings. The van der Waals surface area contributed by atoms with Crippen LogP contribution < -0.4 is 0 Å². The van der Waals surface area contributed by atoms with Crippen molar-refractivity contribution >= 4 is 17.6 Å². The highest BCUT2D eigenvalue weighted by Gasteiger charge is 2.00. The Balaban J connectivity index is 2.43. The molecule has 0 heterocycles. The summed E-state index contributed by atoms with van der Waals surface area (Å²) in [4.78, 5) is 10.5. The number of hydrogen-bond donors (Lipinski definition) is 0. The fraction of sp³-hybridized carbons (Fsp3) is 0.417. The first-order valence-electron chi connectivity index (χ1n) is 4.98. The molecule has 1 aromatic rings. The molecule has 2 nitrogen and oxygen atoms in total. The highest BCUT2D eigenvalue weighted by molar-refractivity contribution is 6.30. The molecule has 0 radical (unpaired) electrons. The van der Waals surface area contributed by atoms with E-state index in [1.807, 2.05) is 18.2 Å². The number of halogens is 1. The highest BCUT2D eigenvalue weighted by Crippen LogP contribution is 2.16. The van der Waals surface area contributed by atoms with Crippen molar-refractivity contribution in [3.8, 4) is 0 Å². The summed E-state index contributed by atoms with van der Waals surface area (Å²) in [6, 6.07) is 5.85. The molecule has 1 aromatic carbocycles. The lowest BCUT2D eigenvalue weighted by Crippen LogP contribution is -2.02. The Hall–Kier alpha value is -1.02. The van der Waals surface area contributed by atoms with Gasteiger partial charge in [0.05, 0.1) is 6.61 Å². The van der Waals surface area contributed by atoms with Crippen molar-refractivity contribution in [2.24, 2.45) is 0 Å². The van der Waals surface area contributed by atoms with Crippen LogP contribution in [0.1, 0.15) is 24.5 Å². The Morgan fingerprint density at radius 1 is 1.47 bits per heavy atom. The summed E-state index contributed by atoms with van der Waals surface area (Å²) in [6.45, 7) is 3.95. The summed E-state index contributed by atoms with van der Waals surface area (Å²) in [5, 5.41) is 0.753. The van der Waals surface area contributed by atoms with Crippen molar-refractivity contribution in [3.63, 3.8) is 0 Å². The van der Waals surface area contributed by atoms with Crippen LogP contribution in [0.15, 0.2) is 18.2 Å². The predicted octanol–water partition coefficient (Wildman–Crippen LogP) is 3.14. The Labute approximate surface area is 95.2 Å². The summed E-state index contributed by atoms with van der Waals surface area (Å²) in [6.07, 6.45) is 1.72. The molecule has 0 aliphatic heterocycles. The molecule has 0 amide bonds. The van der Waals surface area contributed by atoms with Gasteiger partial charge < -0.3 is 4.74 Å². The quantitative estimate of drug-likeness (QED) is 0.583. The topological polar surface area (TPSA) is 26.3 Å². The molecular weight excluding hydrogens is 212 g/mol. The molecule has 82 valence electrons. The van der Waals surface area contributed by atoms with Crippen molar-refractivity contribution in [2.45, 2.75) is 26.7 Å². The van der Waals surface area contributed by atoms with Crippen LogP contribution in [0.4, 0.5) is 0 Å². The number of carbonyl (C=O) groups is 1. The molecule has 0 unspecified atom stereocenters. The molecular formula is C12H15ClO2. The first-order chi connectivity index (χ1) is 7.09. The molecule has 0 bridgehead atoms. The van der Waals surface area contributed by atoms with E-state index in [1.165, 1.54) is 18.1 Å². The lowest BCUT2D eigenvalue weighted by atomic mass is 10.0. The number of rotatable bonds is 4. The van der Waals surface area contributed by atoms with Gasteiger partial charge in [-0.05, 0) is 43.0 Å². The molecule has 0 aromatic heterocycles. The molecule has 0 fully saturated rings. The van der Waals surface area contributed by atoms with Gasteiger partial charge in [-0.3, -0.25) is 4.79 Å². The number of benzene rings is 1. The van der Waals surface area contributed by atoms with Gasteiger partial charge in [-0.15, -0.1) is 0 Å². The first-order valence-corrected chi connectivity index (χ1v) is 5.36. The maximum Gasteiger partial charge on any atom is 0.302 e. The lowest BCUT2D eigenvalue weighted by molar-refractivity contribution is -0.141. The third-order valence-corrected chi connectivity index (χ3v) is 2.44. The first kappa shape index (κ1) is 12.1. The molecule has 0 saturated heterocycles. The van der Waals surface area contributed by atoms with Gasteiger partial charge in [0.2, 0.25) is 0 Å². The fourth-order valence-electron chi connectivity index (χ4n) is 1.39. The second-order valence-electron chi connectivity index (χ2n) is 3.51. The molecule has 0 aliphatic carbocycles. The number of hydrogen-bond acceptors (Lipinski definition) is 2. The van der Waals surface area contributed by atoms with E-state index >= 15 is 0 Å². The summed E-state index contributed by atoms with van der Waals surface area (Å²) < 4.78 is 4.86. The Morgan fingerprint density at radius 2 is 2.20 bits per heavy atom. The second-order valence-corrected chi connectivity index (χ2v) is 3.95. The van der Waals surface area contributed by atoms with Gasteiger partial charge in [0.25, 0.3) is 0 Å². The van der Waals surface area contributed by atoms with E-state index in [1.54, 1.807) is 0 Å². The zero-order valence-electron chi connectivity index (χ0n) is 9.05. The minimum Gasteiger partial charge on any atom is -0.466 e. The molecule has 3 heteroatoms. The van der Waals surface area contributed by atoms with Crippen molar-refractivity contribution in [3.05, 3.63) is 34.3 Å². The Bertz CT molecular complexity index is 347. The average Bonchev–Trinajstić information content (AvgIpc) is 2.17. The minimum absolute atomic E-state index is 0.224. The number of ether oxygens (including phenoxy) is 1. The molecule has 1 rings (SSSR count). The van der Waals surface area contributed by atoms with Crippen LogP contribution in [0.3, 0.4) is 0 Å². The van der Waals surface area contributed by atoms with Gasteiger partial charge >= 0.3 is 5.97 Å². The summed E-state index contributed by atoms with van der Waals surface area (Å²) in [5.41, 5.74) is 2.44. The zero-order chi connectivity index (χ0) is 11.3. The molecule has 0 N–H and O–H groups in total. The highest BCUT2D eigenvalue weighted by atomic mass is 35.5. The van der Waals surface area contributed by atoms with Crippen LogP contribution in [0.5, 0.6) is 0 Å². The van der Waals surface area contributed by atoms with Crippen molar-refractivity contribution < 1.29 is 9.53 Å². The van der Waals surface area contributed by atoms with E-state index in [-0.39, 0.29) is 5.97 Å². The molecule has 0 atom stereocenters. The molecule has 0 spiro atoms. The average molecular weight is 227 g/mol. The molecule has 15 heavy (non-hydrogen) atoms. The van der Waals surface area contributed by atoms with Crippen LogP contribution in [0.25, 0.3) is 0 Å². The van der Waals surface area contributed by atoms with Crippen molar-refractivity contribution in [1.29, 1.82) is 0 Å². The Morgan fingerprint density at radius 3 is 2.87 bits per heavy atom. The molecule has 0 saturated carbocycles. The predicted molar refractivity (Wildman–Crippen MR) is 61.1 cm³/mol. The zero-order valence-corrected chi connectivity index (χ0v) is 9.80. The number of aryl methyl sites for hydroxylation is 2. The summed E-state index contributed by atoms with van der Waals surface area (Å²) >= 11 is 5.89. The van der Waals surface area contributed by atoms with E-state index in [0.717, 1.165) is 17.9 Å². The maximum absolute atomic E-state index is 10.5. The van der Waals surface area contributed by atoms with Crippen molar-refractivity contribution in [2.75, 3.05) is 6.61 Å². The standard InChI is InChI=1S/C12H15ClO2/c1-9-5-6-12(13)8-11(9)4-3-7-15-10(2)14/h5-6,8H,3-4,7H2,1-2H3. The summed E-state index contributed by atoms with van der Waals surface area (Å²) in [7, 11) is 0. The van der Waals surface area contributed by atoms with Gasteiger partial charge in [0, 0.05) is 11.9 Å². The van der Waals surface area contributed by atoms with Gasteiger partial charge in [-0.2, -0.15) is 0 Å². The van der Waals surface area contributed by atoms with Crippen LogP contribution in [0.2, 0.25) is 5.02 Å². The number of carbonyl (C=O) groups excluding carboxylic acids is 1. The Kier molecular flexibility index (Phi) is 4.63. The van der Waals surface area contributed by atoms with Gasteiger partial charge in [0.15, 0.2) is 0 Å². The van der Waals surface area contributed by atoms with Gasteiger partial charge in [-0.25, -0.2) is 0 Å². The lowest BCUT2D eigenvalue weighted by Gasteiger charge is -2.06. The second kappa shape index (κ2) is 5.76. The van der Waals surface area contributed by atoms with Gasteiger partial charge in [-0.1, -0.05) is 17.7 Å². The van der Waals surface area contributed by atoms with E-state index in [9.17, 15) is 4.79 Å². The van der Waals surface area contributed by atoms with Crippen LogP contribution >= 0.6 is 11.6 Å². The van der Waals surface area contributed by atoms with E-state index < -0.39 is 0 Å². The van der Waals surface area contributed by atoms with Crippen LogP contribution in [-0.2, 0) is 16.0 Å². The third-order valence-electron chi connectivity index (χ3n) is 2.21. The number of esters is 1. The minimum atomic E-state index is -0.224. The van der Waals surface area contributed by atoms with E-state index in [0.29, 0.717) is 6.61 Å². The fourth-order valence-corrected chi connectivity index (χ4v) is 1.58. The maximum atomic E-state index is 10.5. The van der Waals surface area contributed by atoms with Crippen LogP contribution in [-0.4, -0.2) is 12.6 Å². The SMILES string of the molecule is CC(=O)OCCCc1cc(Cl)ccc1C. The smallest absolute Gasteiger partial charge is 0.302 e. The summed E-state index contributed by atoms with van der Waals surface area (Å²) in [5.74, 6) is -0.224. The third kappa shape index (κ3) is 4.34. The van der Waals surface area contributed by atoms with E-state index in [2.05, 4.69) is 6.92 Å². The van der Waals surface area contributed by atoms with Crippen LogP contribution in [0, 0.1) is 6.92 Å². The monoisotopic (exact) mass is 226 g/mol. The normalized spacial score (nSPS) is 10.1. The van der Waals surface area contributed by atoms with E-state index in [4.69, 9.17) is 16.3 Å². The largest absolute Gasteiger partial charge is 0.466 e. The van der Waals surface area contributed by atoms with Gasteiger partial charge in [0.1, 0.15) is 0 Å². The van der Waals surface area contributed by atoms with Crippen molar-refractivity contribution in [1.82, 2.24) is 0 Å².